The molecule has 0 heterocycles. The molecule has 2 rings (SSSR count). The molecular formula is C19H37IN4O3. The molecule has 0 aromatic carbocycles. The number of aliphatic imine (C=N–C) groups is 1. The Morgan fingerprint density at radius 1 is 1.19 bits per heavy atom. The van der Waals surface area contributed by atoms with Crippen LogP contribution in [0.5, 0.6) is 0 Å². The van der Waals surface area contributed by atoms with E-state index in [4.69, 9.17) is 9.47 Å². The van der Waals surface area contributed by atoms with Crippen LogP contribution in [0.3, 0.4) is 0 Å². The molecule has 2 aliphatic carbocycles. The van der Waals surface area contributed by atoms with Gasteiger partial charge in [0.1, 0.15) is 6.54 Å². The Morgan fingerprint density at radius 2 is 1.93 bits per heavy atom. The van der Waals surface area contributed by atoms with E-state index in [0.717, 1.165) is 25.5 Å². The number of rotatable bonds is 9. The summed E-state index contributed by atoms with van der Waals surface area (Å²) in [4.78, 5) is 16.3. The Bertz CT molecular complexity index is 470. The summed E-state index contributed by atoms with van der Waals surface area (Å²) in [5.41, 5.74) is 0.227. The van der Waals surface area contributed by atoms with Gasteiger partial charge >= 0.3 is 0 Å². The maximum absolute atomic E-state index is 11.9. The minimum atomic E-state index is -0.0903. The predicted octanol–water partition coefficient (Wildman–Crippen LogP) is 2.05. The van der Waals surface area contributed by atoms with Gasteiger partial charge in [-0.05, 0) is 33.1 Å². The van der Waals surface area contributed by atoms with Crippen LogP contribution in [0, 0.1) is 5.41 Å². The first-order chi connectivity index (χ1) is 12.7. The number of methoxy groups -OCH3 is 1. The molecule has 0 bridgehead atoms. The molecule has 7 nitrogen and oxygen atoms in total. The average Bonchev–Trinajstić information content (AvgIpc) is 2.66. The van der Waals surface area contributed by atoms with Gasteiger partial charge in [0.2, 0.25) is 5.91 Å². The highest BCUT2D eigenvalue weighted by Crippen LogP contribution is 2.53. The van der Waals surface area contributed by atoms with E-state index in [-0.39, 0.29) is 41.8 Å². The van der Waals surface area contributed by atoms with Crippen molar-refractivity contribution in [2.45, 2.75) is 64.5 Å². The van der Waals surface area contributed by atoms with E-state index in [1.54, 1.807) is 7.11 Å². The summed E-state index contributed by atoms with van der Waals surface area (Å²) in [6.45, 7) is 6.79. The monoisotopic (exact) mass is 496 g/mol. The Labute approximate surface area is 180 Å². The number of carbonyl (C=O) groups excluding carboxylic acids is 1. The molecule has 0 saturated heterocycles. The SMILES string of the molecule is CCNC(=NCC(=O)NCCOC)NC1CC(OCC)C12CCCCC2.I. The summed E-state index contributed by atoms with van der Waals surface area (Å²) in [6.07, 6.45) is 7.67. The quantitative estimate of drug-likeness (QED) is 0.197. The third-order valence-electron chi connectivity index (χ3n) is 5.60. The largest absolute Gasteiger partial charge is 0.383 e. The third kappa shape index (κ3) is 6.74. The van der Waals surface area contributed by atoms with Gasteiger partial charge in [0, 0.05) is 38.3 Å². The van der Waals surface area contributed by atoms with Gasteiger partial charge < -0.3 is 25.4 Å². The molecule has 1 amide bonds. The van der Waals surface area contributed by atoms with Crippen molar-refractivity contribution in [1.82, 2.24) is 16.0 Å². The van der Waals surface area contributed by atoms with E-state index in [1.807, 2.05) is 6.92 Å². The van der Waals surface area contributed by atoms with Crippen molar-refractivity contribution in [3.8, 4) is 0 Å². The number of nitrogens with zero attached hydrogens (tertiary/aromatic N) is 1. The molecule has 0 radical (unpaired) electrons. The van der Waals surface area contributed by atoms with Crippen molar-refractivity contribution in [3.63, 3.8) is 0 Å². The molecule has 0 aromatic heterocycles. The summed E-state index contributed by atoms with van der Waals surface area (Å²) in [5, 5.41) is 9.64. The Morgan fingerprint density at radius 3 is 2.56 bits per heavy atom. The first-order valence-electron chi connectivity index (χ1n) is 10.1. The lowest BCUT2D eigenvalue weighted by molar-refractivity contribution is -0.145. The molecule has 2 atom stereocenters. The van der Waals surface area contributed by atoms with Gasteiger partial charge in [-0.15, -0.1) is 24.0 Å². The number of hydrogen-bond donors (Lipinski definition) is 3. The van der Waals surface area contributed by atoms with Gasteiger partial charge in [0.25, 0.3) is 0 Å². The molecule has 1 spiro atoms. The number of halogens is 1. The fraction of sp³-hybridized carbons (Fsp3) is 0.895. The van der Waals surface area contributed by atoms with Crippen LogP contribution < -0.4 is 16.0 Å². The Hall–Kier alpha value is -0.610. The summed E-state index contributed by atoms with van der Waals surface area (Å²) in [6, 6.07) is 0.369. The van der Waals surface area contributed by atoms with Gasteiger partial charge in [0.05, 0.1) is 12.7 Å². The molecule has 2 aliphatic rings. The number of nitrogens with one attached hydrogen (secondary N) is 3. The van der Waals surface area contributed by atoms with Crippen molar-refractivity contribution in [1.29, 1.82) is 0 Å². The number of carbonyl (C=O) groups is 1. The first-order valence-corrected chi connectivity index (χ1v) is 10.1. The lowest BCUT2D eigenvalue weighted by Gasteiger charge is -2.57. The molecule has 2 unspecified atom stereocenters. The topological polar surface area (TPSA) is 84.0 Å². The summed E-state index contributed by atoms with van der Waals surface area (Å²) in [5.74, 6) is 0.631. The van der Waals surface area contributed by atoms with Crippen molar-refractivity contribution < 1.29 is 14.3 Å². The summed E-state index contributed by atoms with van der Waals surface area (Å²) < 4.78 is 11.0. The highest BCUT2D eigenvalue weighted by Gasteiger charge is 2.55. The highest BCUT2D eigenvalue weighted by atomic mass is 127. The lowest BCUT2D eigenvalue weighted by Crippen LogP contribution is -2.66. The van der Waals surface area contributed by atoms with Gasteiger partial charge in [-0.1, -0.05) is 19.3 Å². The number of guanidine groups is 1. The zero-order valence-electron chi connectivity index (χ0n) is 17.0. The highest BCUT2D eigenvalue weighted by molar-refractivity contribution is 14.0. The van der Waals surface area contributed by atoms with Gasteiger partial charge in [-0.2, -0.15) is 0 Å². The summed E-state index contributed by atoms with van der Waals surface area (Å²) >= 11 is 0. The fourth-order valence-electron chi connectivity index (χ4n) is 4.25. The smallest absolute Gasteiger partial charge is 0.241 e. The third-order valence-corrected chi connectivity index (χ3v) is 5.60. The minimum Gasteiger partial charge on any atom is -0.383 e. The fourth-order valence-corrected chi connectivity index (χ4v) is 4.25. The maximum Gasteiger partial charge on any atom is 0.241 e. The lowest BCUT2D eigenvalue weighted by atomic mass is 9.55. The summed E-state index contributed by atoms with van der Waals surface area (Å²) in [7, 11) is 1.62. The number of hydrogen-bond acceptors (Lipinski definition) is 4. The standard InChI is InChI=1S/C19H36N4O3.HI/c1-4-20-18(22-14-17(24)21-11-12-25-3)23-15-13-16(26-5-2)19(15)9-7-6-8-10-19;/h15-16H,4-14H2,1-3H3,(H,21,24)(H2,20,22,23);1H. The van der Waals surface area contributed by atoms with Crippen LogP contribution in [-0.4, -0.2) is 64.0 Å². The zero-order chi connectivity index (χ0) is 18.8. The second-order valence-corrected chi connectivity index (χ2v) is 7.21. The Kier molecular flexibility index (Phi) is 11.6. The molecule has 2 saturated carbocycles. The minimum absolute atomic E-state index is 0. The Balaban J connectivity index is 0.00000364. The molecule has 3 N–H and O–H groups in total. The van der Waals surface area contributed by atoms with Gasteiger partial charge in [-0.25, -0.2) is 4.99 Å². The van der Waals surface area contributed by atoms with Crippen LogP contribution in [0.1, 0.15) is 52.4 Å². The van der Waals surface area contributed by atoms with E-state index in [2.05, 4.69) is 27.9 Å². The van der Waals surface area contributed by atoms with Crippen molar-refractivity contribution in [2.24, 2.45) is 10.4 Å². The van der Waals surface area contributed by atoms with Gasteiger partial charge in [0.15, 0.2) is 5.96 Å². The van der Waals surface area contributed by atoms with Crippen LogP contribution >= 0.6 is 24.0 Å². The number of ether oxygens (including phenoxy) is 2. The van der Waals surface area contributed by atoms with E-state index < -0.39 is 0 Å². The second-order valence-electron chi connectivity index (χ2n) is 7.21. The van der Waals surface area contributed by atoms with Crippen LogP contribution in [0.4, 0.5) is 0 Å². The molecule has 8 heteroatoms. The first kappa shape index (κ1) is 24.4. The van der Waals surface area contributed by atoms with Crippen molar-refractivity contribution in [2.75, 3.05) is 40.0 Å². The molecule has 27 heavy (non-hydrogen) atoms. The number of amides is 1. The van der Waals surface area contributed by atoms with Crippen LogP contribution in [0.2, 0.25) is 0 Å². The molecular weight excluding hydrogens is 459 g/mol. The van der Waals surface area contributed by atoms with Gasteiger partial charge in [-0.3, -0.25) is 4.79 Å². The molecule has 2 fully saturated rings. The molecule has 0 aromatic rings. The van der Waals surface area contributed by atoms with Crippen molar-refractivity contribution >= 4 is 35.8 Å². The average molecular weight is 496 g/mol. The normalized spacial score (nSPS) is 23.9. The van der Waals surface area contributed by atoms with E-state index in [9.17, 15) is 4.79 Å². The molecule has 0 aliphatic heterocycles. The van der Waals surface area contributed by atoms with Crippen LogP contribution in [-0.2, 0) is 14.3 Å². The van der Waals surface area contributed by atoms with Crippen molar-refractivity contribution in [3.05, 3.63) is 0 Å². The predicted molar refractivity (Wildman–Crippen MR) is 119 cm³/mol. The van der Waals surface area contributed by atoms with E-state index in [1.165, 1.54) is 32.1 Å². The van der Waals surface area contributed by atoms with Crippen LogP contribution in [0.25, 0.3) is 0 Å². The van der Waals surface area contributed by atoms with E-state index in [0.29, 0.717) is 25.3 Å². The van der Waals surface area contributed by atoms with E-state index >= 15 is 0 Å². The molecule has 158 valence electrons. The zero-order valence-corrected chi connectivity index (χ0v) is 19.3. The maximum atomic E-state index is 11.9. The second kappa shape index (κ2) is 12.8. The van der Waals surface area contributed by atoms with Crippen LogP contribution in [0.15, 0.2) is 4.99 Å².